The second-order valence-corrected chi connectivity index (χ2v) is 13.2. The summed E-state index contributed by atoms with van der Waals surface area (Å²) in [7, 11) is -4.14. The average Bonchev–Trinajstić information content (AvgIpc) is 3.05. The monoisotopic (exact) mass is 625 g/mol. The minimum atomic E-state index is -4.14. The molecule has 4 aromatic carbocycles. The SMILES string of the molecule is CCc1ccccc1N(CC(=O)N(Cc1cccc(C)c1)[C@H](Cc1ccccc1)C(=O)N[C@@H](C)CC)S(=O)(=O)c1ccccc1. The van der Waals surface area contributed by atoms with E-state index in [-0.39, 0.29) is 29.8 Å². The standard InChI is InChI=1S/C37H43N3O4S/c1-5-29(4)38-37(42)35(25-30-17-9-7-10-18-30)39(26-31-19-15-16-28(3)24-31)36(41)27-40(34-23-14-13-20-32(34)6-2)45(43,44)33-21-11-8-12-22-33/h7-24,29,35H,5-6,25-27H2,1-4H3,(H,38,42)/t29-,35+/m0/s1. The number of carbonyl (C=O) groups is 2. The predicted octanol–water partition coefficient (Wildman–Crippen LogP) is 6.31. The third-order valence-electron chi connectivity index (χ3n) is 7.96. The molecule has 0 spiro atoms. The van der Waals surface area contributed by atoms with Crippen LogP contribution in [0.2, 0.25) is 0 Å². The smallest absolute Gasteiger partial charge is 0.264 e. The number of rotatable bonds is 14. The van der Waals surface area contributed by atoms with E-state index in [1.54, 1.807) is 35.2 Å². The minimum absolute atomic E-state index is 0.0873. The molecular weight excluding hydrogens is 582 g/mol. The first kappa shape index (κ1) is 33.5. The van der Waals surface area contributed by atoms with Crippen LogP contribution >= 0.6 is 0 Å². The normalized spacial score (nSPS) is 12.6. The zero-order chi connectivity index (χ0) is 32.4. The van der Waals surface area contributed by atoms with Crippen molar-refractivity contribution < 1.29 is 18.0 Å². The molecule has 0 aliphatic rings. The van der Waals surface area contributed by atoms with Crippen molar-refractivity contribution in [3.63, 3.8) is 0 Å². The van der Waals surface area contributed by atoms with Gasteiger partial charge in [-0.05, 0) is 61.6 Å². The highest BCUT2D eigenvalue weighted by atomic mass is 32.2. The van der Waals surface area contributed by atoms with Gasteiger partial charge in [0.05, 0.1) is 10.6 Å². The fraction of sp³-hybridized carbons (Fsp3) is 0.297. The Labute approximate surface area is 268 Å². The highest BCUT2D eigenvalue weighted by Gasteiger charge is 2.35. The summed E-state index contributed by atoms with van der Waals surface area (Å²) >= 11 is 0. The summed E-state index contributed by atoms with van der Waals surface area (Å²) < 4.78 is 29.6. The number of aryl methyl sites for hydroxylation is 2. The molecule has 8 heteroatoms. The van der Waals surface area contributed by atoms with Gasteiger partial charge in [-0.25, -0.2) is 8.42 Å². The van der Waals surface area contributed by atoms with E-state index < -0.39 is 28.5 Å². The molecule has 2 amide bonds. The van der Waals surface area contributed by atoms with Gasteiger partial charge in [-0.1, -0.05) is 110 Å². The van der Waals surface area contributed by atoms with Crippen molar-refractivity contribution in [1.29, 1.82) is 0 Å². The van der Waals surface area contributed by atoms with Gasteiger partial charge in [0.25, 0.3) is 10.0 Å². The molecule has 45 heavy (non-hydrogen) atoms. The molecule has 7 nitrogen and oxygen atoms in total. The first-order valence-electron chi connectivity index (χ1n) is 15.5. The molecule has 0 bridgehead atoms. The zero-order valence-electron chi connectivity index (χ0n) is 26.5. The van der Waals surface area contributed by atoms with Gasteiger partial charge in [-0.15, -0.1) is 0 Å². The molecule has 2 atom stereocenters. The number of amides is 2. The van der Waals surface area contributed by atoms with Crippen molar-refractivity contribution in [2.45, 2.75) is 70.5 Å². The summed E-state index contributed by atoms with van der Waals surface area (Å²) in [6.45, 7) is 7.52. The summed E-state index contributed by atoms with van der Waals surface area (Å²) in [5, 5.41) is 3.08. The Morgan fingerprint density at radius 3 is 2.07 bits per heavy atom. The van der Waals surface area contributed by atoms with Crippen LogP contribution in [0.5, 0.6) is 0 Å². The maximum Gasteiger partial charge on any atom is 0.264 e. The molecule has 1 N–H and O–H groups in total. The summed E-state index contributed by atoms with van der Waals surface area (Å²) in [5.74, 6) is -0.747. The lowest BCUT2D eigenvalue weighted by Crippen LogP contribution is -2.54. The van der Waals surface area contributed by atoms with Crippen molar-refractivity contribution in [3.05, 3.63) is 131 Å². The number of nitrogens with one attached hydrogen (secondary N) is 1. The van der Waals surface area contributed by atoms with E-state index in [2.05, 4.69) is 5.32 Å². The van der Waals surface area contributed by atoms with Gasteiger partial charge in [0.15, 0.2) is 0 Å². The van der Waals surface area contributed by atoms with E-state index in [0.29, 0.717) is 12.1 Å². The molecule has 0 radical (unpaired) electrons. The summed E-state index contributed by atoms with van der Waals surface area (Å²) in [6, 6.07) is 31.8. The number of nitrogens with zero attached hydrogens (tertiary/aromatic N) is 2. The van der Waals surface area contributed by atoms with Crippen LogP contribution in [0.15, 0.2) is 114 Å². The molecule has 0 aliphatic heterocycles. The fourth-order valence-electron chi connectivity index (χ4n) is 5.29. The summed E-state index contributed by atoms with van der Waals surface area (Å²) in [6.07, 6.45) is 1.58. The van der Waals surface area contributed by atoms with E-state index in [1.165, 1.54) is 16.4 Å². The molecule has 4 rings (SSSR count). The van der Waals surface area contributed by atoms with Crippen LogP contribution in [0, 0.1) is 6.92 Å². The Balaban J connectivity index is 1.83. The van der Waals surface area contributed by atoms with E-state index in [0.717, 1.165) is 28.7 Å². The Morgan fingerprint density at radius 2 is 1.42 bits per heavy atom. The van der Waals surface area contributed by atoms with E-state index in [4.69, 9.17) is 0 Å². The molecular formula is C37H43N3O4S. The second-order valence-electron chi connectivity index (χ2n) is 11.3. The average molecular weight is 626 g/mol. The lowest BCUT2D eigenvalue weighted by molar-refractivity contribution is -0.140. The van der Waals surface area contributed by atoms with Gasteiger partial charge in [0.1, 0.15) is 12.6 Å². The van der Waals surface area contributed by atoms with E-state index >= 15 is 0 Å². The molecule has 0 aromatic heterocycles. The Morgan fingerprint density at radius 1 is 0.800 bits per heavy atom. The quantitative estimate of drug-likeness (QED) is 0.178. The molecule has 0 aliphatic carbocycles. The lowest BCUT2D eigenvalue weighted by atomic mass is 10.0. The van der Waals surface area contributed by atoms with Gasteiger partial charge in [0.2, 0.25) is 11.8 Å². The molecule has 0 saturated heterocycles. The van der Waals surface area contributed by atoms with Gasteiger partial charge >= 0.3 is 0 Å². The van der Waals surface area contributed by atoms with Crippen molar-refractivity contribution in [3.8, 4) is 0 Å². The fourth-order valence-corrected chi connectivity index (χ4v) is 6.76. The number of hydrogen-bond acceptors (Lipinski definition) is 4. The Bertz CT molecular complexity index is 1680. The number of hydrogen-bond donors (Lipinski definition) is 1. The Kier molecular flexibility index (Phi) is 11.5. The molecule has 236 valence electrons. The van der Waals surface area contributed by atoms with E-state index in [1.807, 2.05) is 94.4 Å². The van der Waals surface area contributed by atoms with Gasteiger partial charge in [0, 0.05) is 19.0 Å². The van der Waals surface area contributed by atoms with Crippen molar-refractivity contribution in [1.82, 2.24) is 10.2 Å². The molecule has 0 unspecified atom stereocenters. The molecule has 0 saturated carbocycles. The summed E-state index contributed by atoms with van der Waals surface area (Å²) in [5.41, 5.74) is 4.01. The predicted molar refractivity (Wildman–Crippen MR) is 180 cm³/mol. The number of anilines is 1. The second kappa shape index (κ2) is 15.5. The first-order chi connectivity index (χ1) is 21.6. The van der Waals surface area contributed by atoms with Crippen LogP contribution in [0.1, 0.15) is 49.4 Å². The van der Waals surface area contributed by atoms with Crippen LogP contribution in [-0.4, -0.2) is 43.8 Å². The molecule has 0 heterocycles. The third-order valence-corrected chi connectivity index (χ3v) is 9.73. The van der Waals surface area contributed by atoms with E-state index in [9.17, 15) is 18.0 Å². The summed E-state index contributed by atoms with van der Waals surface area (Å²) in [4.78, 5) is 30.2. The van der Waals surface area contributed by atoms with Crippen LogP contribution in [0.3, 0.4) is 0 Å². The van der Waals surface area contributed by atoms with Crippen LogP contribution in [0.25, 0.3) is 0 Å². The highest BCUT2D eigenvalue weighted by Crippen LogP contribution is 2.28. The van der Waals surface area contributed by atoms with Gasteiger partial charge < -0.3 is 10.2 Å². The molecule has 0 fully saturated rings. The number of benzene rings is 4. The highest BCUT2D eigenvalue weighted by molar-refractivity contribution is 7.92. The maximum absolute atomic E-state index is 14.6. The van der Waals surface area contributed by atoms with Gasteiger partial charge in [-0.2, -0.15) is 0 Å². The third kappa shape index (κ3) is 8.60. The Hall–Kier alpha value is -4.43. The lowest BCUT2D eigenvalue weighted by Gasteiger charge is -2.34. The van der Waals surface area contributed by atoms with Gasteiger partial charge in [-0.3, -0.25) is 13.9 Å². The zero-order valence-corrected chi connectivity index (χ0v) is 27.3. The van der Waals surface area contributed by atoms with Crippen molar-refractivity contribution in [2.75, 3.05) is 10.8 Å². The topological polar surface area (TPSA) is 86.8 Å². The van der Waals surface area contributed by atoms with Crippen molar-refractivity contribution in [2.24, 2.45) is 0 Å². The minimum Gasteiger partial charge on any atom is -0.352 e. The van der Waals surface area contributed by atoms with Crippen LogP contribution in [0.4, 0.5) is 5.69 Å². The first-order valence-corrected chi connectivity index (χ1v) is 16.9. The van der Waals surface area contributed by atoms with Crippen LogP contribution in [-0.2, 0) is 39.0 Å². The maximum atomic E-state index is 14.6. The largest absolute Gasteiger partial charge is 0.352 e. The number of sulfonamides is 1. The molecule has 4 aromatic rings. The number of carbonyl (C=O) groups excluding carboxylic acids is 2. The van der Waals surface area contributed by atoms with Crippen molar-refractivity contribution >= 4 is 27.5 Å². The van der Waals surface area contributed by atoms with Crippen LogP contribution < -0.4 is 9.62 Å². The number of para-hydroxylation sites is 1.